The van der Waals surface area contributed by atoms with Gasteiger partial charge in [-0.25, -0.2) is 4.79 Å². The van der Waals surface area contributed by atoms with E-state index in [0.717, 1.165) is 5.69 Å². The molecule has 0 saturated heterocycles. The number of esters is 1. The fraction of sp³-hybridized carbons (Fsp3) is 0.250. The number of aryl methyl sites for hydroxylation is 1. The molecule has 1 amide bonds. The van der Waals surface area contributed by atoms with Gasteiger partial charge >= 0.3 is 5.97 Å². The average molecular weight is 301 g/mol. The normalized spacial score (nSPS) is 10.2. The zero-order valence-corrected chi connectivity index (χ0v) is 13.1. The van der Waals surface area contributed by atoms with Gasteiger partial charge < -0.3 is 9.72 Å². The van der Waals surface area contributed by atoms with Gasteiger partial charge in [0.2, 0.25) is 0 Å². The fourth-order valence-corrected chi connectivity index (χ4v) is 2.31. The molecule has 0 atom stereocenters. The number of nitrogens with zero attached hydrogens (tertiary/aromatic N) is 1. The summed E-state index contributed by atoms with van der Waals surface area (Å²) in [6, 6.07) is 9.44. The highest BCUT2D eigenvalue weighted by Crippen LogP contribution is 2.19. The smallest absolute Gasteiger partial charge is 0.339 e. The Bertz CT molecular complexity index is 692. The van der Waals surface area contributed by atoms with Gasteiger partial charge in [0.1, 0.15) is 5.69 Å². The second-order valence-corrected chi connectivity index (χ2v) is 4.95. The molecule has 2 rings (SSSR count). The van der Waals surface area contributed by atoms with Crippen LogP contribution < -0.4 is 10.4 Å². The molecule has 6 heteroatoms. The number of aromatic nitrogens is 1. The largest absolute Gasteiger partial charge is 0.465 e. The summed E-state index contributed by atoms with van der Waals surface area (Å²) in [4.78, 5) is 27.1. The fourth-order valence-electron chi connectivity index (χ4n) is 2.31. The Labute approximate surface area is 129 Å². The van der Waals surface area contributed by atoms with E-state index < -0.39 is 5.97 Å². The summed E-state index contributed by atoms with van der Waals surface area (Å²) in [6.45, 7) is 3.45. The van der Waals surface area contributed by atoms with Crippen molar-refractivity contribution in [2.75, 3.05) is 19.2 Å². The number of rotatable bonds is 4. The molecule has 0 radical (unpaired) electrons. The van der Waals surface area contributed by atoms with Crippen LogP contribution in [0.4, 0.5) is 5.69 Å². The summed E-state index contributed by atoms with van der Waals surface area (Å²) in [6.07, 6.45) is 0. The number of para-hydroxylation sites is 1. The van der Waals surface area contributed by atoms with Crippen LogP contribution in [0.5, 0.6) is 0 Å². The van der Waals surface area contributed by atoms with Crippen molar-refractivity contribution in [2.45, 2.75) is 13.8 Å². The Morgan fingerprint density at radius 3 is 2.41 bits per heavy atom. The topological polar surface area (TPSA) is 74.4 Å². The monoisotopic (exact) mass is 301 g/mol. The van der Waals surface area contributed by atoms with Gasteiger partial charge in [-0.2, -0.15) is 0 Å². The molecule has 0 aliphatic heterocycles. The van der Waals surface area contributed by atoms with Crippen LogP contribution in [0, 0.1) is 13.8 Å². The third-order valence-electron chi connectivity index (χ3n) is 3.47. The Balaban J connectivity index is 2.22. The Kier molecular flexibility index (Phi) is 4.50. The molecule has 0 aliphatic rings. The van der Waals surface area contributed by atoms with Crippen molar-refractivity contribution in [2.24, 2.45) is 0 Å². The van der Waals surface area contributed by atoms with Gasteiger partial charge in [0.15, 0.2) is 0 Å². The van der Waals surface area contributed by atoms with Crippen LogP contribution in [0.1, 0.15) is 32.1 Å². The number of hydrogen-bond acceptors (Lipinski definition) is 4. The third kappa shape index (κ3) is 2.95. The molecule has 1 aromatic carbocycles. The quantitative estimate of drug-likeness (QED) is 0.670. The molecule has 0 bridgehead atoms. The molecule has 1 aromatic heterocycles. The summed E-state index contributed by atoms with van der Waals surface area (Å²) in [5.74, 6) is -0.774. The van der Waals surface area contributed by atoms with Crippen LogP contribution in [-0.4, -0.2) is 31.0 Å². The van der Waals surface area contributed by atoms with Crippen molar-refractivity contribution in [3.05, 3.63) is 52.8 Å². The van der Waals surface area contributed by atoms with E-state index in [1.165, 1.54) is 7.11 Å². The number of hydrogen-bond donors (Lipinski definition) is 2. The SMILES string of the molecule is COC(=O)c1c(C)[nH]c(C(=O)NN(C)c2ccccc2)c1C. The van der Waals surface area contributed by atoms with Crippen molar-refractivity contribution >= 4 is 17.6 Å². The maximum Gasteiger partial charge on any atom is 0.339 e. The molecule has 22 heavy (non-hydrogen) atoms. The van der Waals surface area contributed by atoms with Gasteiger partial charge in [-0.05, 0) is 31.5 Å². The molecule has 0 fully saturated rings. The number of aromatic amines is 1. The number of ether oxygens (including phenoxy) is 1. The molecular formula is C16H19N3O3. The number of carbonyl (C=O) groups excluding carboxylic acids is 2. The minimum absolute atomic E-state index is 0.317. The average Bonchev–Trinajstić information content (AvgIpc) is 2.82. The van der Waals surface area contributed by atoms with Crippen LogP contribution in [0.3, 0.4) is 0 Å². The van der Waals surface area contributed by atoms with Crippen LogP contribution in [0.25, 0.3) is 0 Å². The van der Waals surface area contributed by atoms with Gasteiger partial charge in [-0.3, -0.25) is 15.2 Å². The first kappa shape index (κ1) is 15.6. The molecule has 0 spiro atoms. The minimum Gasteiger partial charge on any atom is -0.465 e. The van der Waals surface area contributed by atoms with E-state index in [4.69, 9.17) is 4.74 Å². The lowest BCUT2D eigenvalue weighted by atomic mass is 10.1. The third-order valence-corrected chi connectivity index (χ3v) is 3.47. The molecule has 2 N–H and O–H groups in total. The first-order valence-electron chi connectivity index (χ1n) is 6.83. The number of H-pyrrole nitrogens is 1. The van der Waals surface area contributed by atoms with Gasteiger partial charge in [0.05, 0.1) is 18.4 Å². The van der Waals surface area contributed by atoms with Gasteiger partial charge in [-0.1, -0.05) is 18.2 Å². The van der Waals surface area contributed by atoms with E-state index in [1.54, 1.807) is 25.9 Å². The second kappa shape index (κ2) is 6.34. The maximum atomic E-state index is 12.4. The van der Waals surface area contributed by atoms with E-state index in [1.807, 2.05) is 30.3 Å². The van der Waals surface area contributed by atoms with E-state index in [-0.39, 0.29) is 5.91 Å². The van der Waals surface area contributed by atoms with Crippen molar-refractivity contribution in [3.8, 4) is 0 Å². The van der Waals surface area contributed by atoms with E-state index in [9.17, 15) is 9.59 Å². The van der Waals surface area contributed by atoms with E-state index >= 15 is 0 Å². The molecule has 0 unspecified atom stereocenters. The van der Waals surface area contributed by atoms with Crippen molar-refractivity contribution in [1.29, 1.82) is 0 Å². The van der Waals surface area contributed by atoms with Crippen LogP contribution in [-0.2, 0) is 4.74 Å². The number of methoxy groups -OCH3 is 1. The zero-order valence-electron chi connectivity index (χ0n) is 13.1. The zero-order chi connectivity index (χ0) is 16.3. The molecule has 0 saturated carbocycles. The molecule has 6 nitrogen and oxygen atoms in total. The lowest BCUT2D eigenvalue weighted by Gasteiger charge is -2.20. The predicted molar refractivity (Wildman–Crippen MR) is 83.9 cm³/mol. The number of benzene rings is 1. The number of anilines is 1. The molecule has 2 aromatic rings. The number of hydrazine groups is 1. The number of carbonyl (C=O) groups is 2. The Hall–Kier alpha value is -2.76. The lowest BCUT2D eigenvalue weighted by molar-refractivity contribution is 0.0599. The Morgan fingerprint density at radius 1 is 1.18 bits per heavy atom. The highest BCUT2D eigenvalue weighted by Gasteiger charge is 2.23. The first-order valence-corrected chi connectivity index (χ1v) is 6.83. The van der Waals surface area contributed by atoms with E-state index in [2.05, 4.69) is 10.4 Å². The van der Waals surface area contributed by atoms with Gasteiger partial charge in [0, 0.05) is 12.7 Å². The lowest BCUT2D eigenvalue weighted by Crippen LogP contribution is -2.39. The summed E-state index contributed by atoms with van der Waals surface area (Å²) in [5, 5.41) is 1.62. The van der Waals surface area contributed by atoms with E-state index in [0.29, 0.717) is 22.5 Å². The second-order valence-electron chi connectivity index (χ2n) is 4.95. The van der Waals surface area contributed by atoms with Crippen LogP contribution in [0.15, 0.2) is 30.3 Å². The van der Waals surface area contributed by atoms with Crippen molar-refractivity contribution in [3.63, 3.8) is 0 Å². The first-order chi connectivity index (χ1) is 10.5. The standard InChI is InChI=1S/C16H19N3O3/c1-10-13(16(21)22-4)11(2)17-14(10)15(20)18-19(3)12-8-6-5-7-9-12/h5-9,17H,1-4H3,(H,18,20). The van der Waals surface area contributed by atoms with Gasteiger partial charge in [0.25, 0.3) is 5.91 Å². The summed E-state index contributed by atoms with van der Waals surface area (Å²) in [5.41, 5.74) is 5.54. The van der Waals surface area contributed by atoms with Gasteiger partial charge in [-0.15, -0.1) is 0 Å². The van der Waals surface area contributed by atoms with Crippen molar-refractivity contribution < 1.29 is 14.3 Å². The highest BCUT2D eigenvalue weighted by molar-refractivity contribution is 6.00. The minimum atomic E-state index is -0.457. The molecule has 1 heterocycles. The summed E-state index contributed by atoms with van der Waals surface area (Å²) in [7, 11) is 3.07. The molecular weight excluding hydrogens is 282 g/mol. The van der Waals surface area contributed by atoms with Crippen LogP contribution >= 0.6 is 0 Å². The van der Waals surface area contributed by atoms with Crippen LogP contribution in [0.2, 0.25) is 0 Å². The molecule has 116 valence electrons. The molecule has 0 aliphatic carbocycles. The predicted octanol–water partition coefficient (Wildman–Crippen LogP) is 2.20. The number of nitrogens with one attached hydrogen (secondary N) is 2. The Morgan fingerprint density at radius 2 is 1.82 bits per heavy atom. The highest BCUT2D eigenvalue weighted by atomic mass is 16.5. The number of amides is 1. The summed E-state index contributed by atoms with van der Waals surface area (Å²) < 4.78 is 4.74. The summed E-state index contributed by atoms with van der Waals surface area (Å²) >= 11 is 0. The van der Waals surface area contributed by atoms with Crippen molar-refractivity contribution in [1.82, 2.24) is 10.4 Å². The maximum absolute atomic E-state index is 12.4.